The molecule has 11 rings (SSSR count). The molecule has 10 aromatic rings. The summed E-state index contributed by atoms with van der Waals surface area (Å²) in [6, 6.07) is 47.9. The van der Waals surface area contributed by atoms with Gasteiger partial charge in [-0.1, -0.05) is 79.1 Å². The Balaban J connectivity index is 0.000000236. The van der Waals surface area contributed by atoms with E-state index in [-0.39, 0.29) is 20.1 Å². The van der Waals surface area contributed by atoms with Crippen molar-refractivity contribution in [2.24, 2.45) is 5.92 Å². The van der Waals surface area contributed by atoms with Crippen LogP contribution in [0, 0.1) is 25.0 Å². The molecule has 0 aliphatic heterocycles. The summed E-state index contributed by atoms with van der Waals surface area (Å²) in [7, 11) is 0. The quantitative estimate of drug-likeness (QED) is 0.165. The van der Waals surface area contributed by atoms with Gasteiger partial charge in [-0.05, 0) is 83.5 Å². The second-order valence-electron chi connectivity index (χ2n) is 14.0. The SMILES string of the molecule is Cc1ccnc(-c2[c-]cc3c(c2)c2cc(CC4CCCC4)cc4c5cc6c(cc5n3c24)sc2ccccc26)c1.[Ir].[c-]1ccccc1-c1ccccn1. The van der Waals surface area contributed by atoms with E-state index in [2.05, 4.69) is 106 Å². The standard InChI is InChI=1S/C36H27N2S.C11H8N.Ir/c1-21-12-13-37-31(14-21)24-10-11-32-26(18-24)29-16-23(15-22-6-2-3-7-22)17-30-27-19-28-25-8-4-5-9-34(25)39-35(28)20-33(27)38(32)36(29)30;1-2-6-10(7-3-1)11-8-4-5-9-12-11;/h4-5,8-9,11-14,16-20,22H,2-3,6-7,15H2,1H3;1-6,8-9H;/q2*-1;. The molecule has 52 heavy (non-hydrogen) atoms. The van der Waals surface area contributed by atoms with Crippen LogP contribution < -0.4 is 0 Å². The van der Waals surface area contributed by atoms with Gasteiger partial charge in [0.25, 0.3) is 0 Å². The monoisotopic (exact) mass is 866 g/mol. The van der Waals surface area contributed by atoms with Gasteiger partial charge in [-0.3, -0.25) is 0 Å². The number of pyridine rings is 2. The molecule has 3 nitrogen and oxygen atoms in total. The van der Waals surface area contributed by atoms with Crippen LogP contribution in [0.15, 0.2) is 128 Å². The zero-order valence-electron chi connectivity index (χ0n) is 28.8. The van der Waals surface area contributed by atoms with Crippen molar-refractivity contribution in [3.8, 4) is 22.5 Å². The zero-order chi connectivity index (χ0) is 33.9. The van der Waals surface area contributed by atoms with E-state index in [0.717, 1.165) is 28.4 Å². The van der Waals surface area contributed by atoms with Gasteiger partial charge in [-0.15, -0.1) is 71.0 Å². The summed E-state index contributed by atoms with van der Waals surface area (Å²) in [4.78, 5) is 8.89. The summed E-state index contributed by atoms with van der Waals surface area (Å²) in [6.45, 7) is 2.13. The van der Waals surface area contributed by atoms with Crippen LogP contribution in [-0.4, -0.2) is 14.4 Å². The van der Waals surface area contributed by atoms with Gasteiger partial charge < -0.3 is 14.4 Å². The number of thiophene rings is 1. The average Bonchev–Trinajstić information content (AvgIpc) is 3.96. The molecule has 0 unspecified atom stereocenters. The van der Waals surface area contributed by atoms with Crippen molar-refractivity contribution in [3.05, 3.63) is 151 Å². The van der Waals surface area contributed by atoms with Gasteiger partial charge in [-0.25, -0.2) is 0 Å². The van der Waals surface area contributed by atoms with Crippen molar-refractivity contribution in [1.82, 2.24) is 14.4 Å². The second-order valence-corrected chi connectivity index (χ2v) is 15.1. The molecule has 0 saturated heterocycles. The zero-order valence-corrected chi connectivity index (χ0v) is 32.0. The van der Waals surface area contributed by atoms with Gasteiger partial charge in [0, 0.05) is 69.0 Å². The van der Waals surface area contributed by atoms with Crippen LogP contribution in [0.25, 0.3) is 80.8 Å². The van der Waals surface area contributed by atoms with Crippen LogP contribution in [-0.2, 0) is 26.5 Å². The van der Waals surface area contributed by atoms with Crippen molar-refractivity contribution in [2.45, 2.75) is 39.0 Å². The first-order chi connectivity index (χ1) is 25.2. The predicted molar refractivity (Wildman–Crippen MR) is 215 cm³/mol. The number of fused-ring (bicyclic) bond motifs is 9. The summed E-state index contributed by atoms with van der Waals surface area (Å²) < 4.78 is 5.22. The molecule has 0 atom stereocenters. The largest absolute Gasteiger partial charge is 0.350 e. The Bertz CT molecular complexity index is 2810. The molecule has 1 fully saturated rings. The summed E-state index contributed by atoms with van der Waals surface area (Å²) in [5, 5.41) is 8.16. The van der Waals surface area contributed by atoms with E-state index in [1.807, 2.05) is 60.0 Å². The van der Waals surface area contributed by atoms with E-state index >= 15 is 0 Å². The molecule has 1 aliphatic rings. The maximum absolute atomic E-state index is 4.68. The van der Waals surface area contributed by atoms with Gasteiger partial charge in [0.05, 0.1) is 5.52 Å². The molecular formula is C47H35IrN3S-2. The van der Waals surface area contributed by atoms with Crippen molar-refractivity contribution < 1.29 is 20.1 Å². The van der Waals surface area contributed by atoms with Gasteiger partial charge in [0.1, 0.15) is 0 Å². The third-order valence-electron chi connectivity index (χ3n) is 10.7. The minimum absolute atomic E-state index is 0. The summed E-state index contributed by atoms with van der Waals surface area (Å²) in [6.07, 6.45) is 10.4. The molecule has 255 valence electrons. The molecule has 5 heterocycles. The average molecular weight is 866 g/mol. The summed E-state index contributed by atoms with van der Waals surface area (Å²) in [5.74, 6) is 0.813. The van der Waals surface area contributed by atoms with E-state index in [1.54, 1.807) is 6.20 Å². The van der Waals surface area contributed by atoms with Crippen LogP contribution in [0.5, 0.6) is 0 Å². The smallest absolute Gasteiger partial charge is 0.0516 e. The van der Waals surface area contributed by atoms with Crippen LogP contribution in [0.1, 0.15) is 36.8 Å². The number of aryl methyl sites for hydroxylation is 1. The third-order valence-corrected chi connectivity index (χ3v) is 11.9. The normalized spacial score (nSPS) is 13.4. The minimum atomic E-state index is 0. The van der Waals surface area contributed by atoms with Crippen LogP contribution >= 0.6 is 11.3 Å². The van der Waals surface area contributed by atoms with Crippen molar-refractivity contribution in [3.63, 3.8) is 0 Å². The number of nitrogens with zero attached hydrogens (tertiary/aromatic N) is 3. The van der Waals surface area contributed by atoms with Crippen LogP contribution in [0.3, 0.4) is 0 Å². The first kappa shape index (κ1) is 32.9. The van der Waals surface area contributed by atoms with E-state index < -0.39 is 0 Å². The molecule has 5 heteroatoms. The fourth-order valence-corrected chi connectivity index (χ4v) is 9.45. The summed E-state index contributed by atoms with van der Waals surface area (Å²) >= 11 is 1.90. The number of benzene rings is 5. The molecule has 1 aliphatic carbocycles. The van der Waals surface area contributed by atoms with E-state index in [1.165, 1.54) is 101 Å². The molecule has 0 bridgehead atoms. The maximum Gasteiger partial charge on any atom is 0.0516 e. The minimum Gasteiger partial charge on any atom is -0.350 e. The van der Waals surface area contributed by atoms with Gasteiger partial charge in [0.15, 0.2) is 0 Å². The third kappa shape index (κ3) is 5.69. The molecule has 5 aromatic heterocycles. The van der Waals surface area contributed by atoms with Crippen molar-refractivity contribution in [1.29, 1.82) is 0 Å². The van der Waals surface area contributed by atoms with Gasteiger partial charge in [0.2, 0.25) is 0 Å². The number of rotatable bonds is 4. The van der Waals surface area contributed by atoms with Crippen LogP contribution in [0.4, 0.5) is 0 Å². The second kappa shape index (κ2) is 13.6. The van der Waals surface area contributed by atoms with E-state index in [4.69, 9.17) is 0 Å². The maximum atomic E-state index is 4.68. The predicted octanol–water partition coefficient (Wildman–Crippen LogP) is 12.7. The van der Waals surface area contributed by atoms with Crippen LogP contribution in [0.2, 0.25) is 0 Å². The Morgan fingerprint density at radius 2 is 1.44 bits per heavy atom. The topological polar surface area (TPSA) is 30.2 Å². The molecule has 0 N–H and O–H groups in total. The fraction of sp³-hybridized carbons (Fsp3) is 0.149. The summed E-state index contributed by atoms with van der Waals surface area (Å²) in [5.41, 5.74) is 10.7. The molecule has 0 amide bonds. The van der Waals surface area contributed by atoms with Gasteiger partial charge >= 0.3 is 0 Å². The Hall–Kier alpha value is -4.93. The Morgan fingerprint density at radius 3 is 2.23 bits per heavy atom. The first-order valence-electron chi connectivity index (χ1n) is 18.0. The molecule has 5 aromatic carbocycles. The van der Waals surface area contributed by atoms with E-state index in [0.29, 0.717) is 0 Å². The number of aromatic nitrogens is 3. The molecular weight excluding hydrogens is 831 g/mol. The first-order valence-corrected chi connectivity index (χ1v) is 18.8. The van der Waals surface area contributed by atoms with E-state index in [9.17, 15) is 0 Å². The Kier molecular flexibility index (Phi) is 8.59. The van der Waals surface area contributed by atoms with Crippen molar-refractivity contribution >= 4 is 69.6 Å². The van der Waals surface area contributed by atoms with Gasteiger partial charge in [-0.2, -0.15) is 0 Å². The molecule has 0 spiro atoms. The molecule has 1 saturated carbocycles. The number of hydrogen-bond donors (Lipinski definition) is 0. The Labute approximate surface area is 320 Å². The number of hydrogen-bond acceptors (Lipinski definition) is 3. The van der Waals surface area contributed by atoms with Crippen molar-refractivity contribution in [2.75, 3.05) is 0 Å². The fourth-order valence-electron chi connectivity index (χ4n) is 8.33. The Morgan fingerprint density at radius 1 is 0.654 bits per heavy atom. The molecule has 1 radical (unpaired) electrons.